The predicted octanol–water partition coefficient (Wildman–Crippen LogP) is 4.01. The molecule has 0 atom stereocenters. The maximum absolute atomic E-state index is 12.9. The first kappa shape index (κ1) is 12.8. The topological polar surface area (TPSA) is 30.0 Å². The molecule has 0 amide bonds. The molecular weight excluding hydrogens is 304 g/mol. The molecular formula is C13H8BrF2NO. The van der Waals surface area contributed by atoms with Gasteiger partial charge in [0, 0.05) is 33.6 Å². The Morgan fingerprint density at radius 3 is 2.61 bits per heavy atom. The number of alkyl halides is 2. The maximum Gasteiger partial charge on any atom is 0.264 e. The number of nitrogens with zero attached hydrogens (tertiary/aromatic N) is 1. The minimum Gasteiger partial charge on any atom is -0.288 e. The predicted molar refractivity (Wildman–Crippen MR) is 66.8 cm³/mol. The van der Waals surface area contributed by atoms with Gasteiger partial charge < -0.3 is 0 Å². The van der Waals surface area contributed by atoms with E-state index in [1.54, 1.807) is 18.2 Å². The second-order valence-electron chi connectivity index (χ2n) is 3.58. The third kappa shape index (κ3) is 2.46. The van der Waals surface area contributed by atoms with Crippen molar-refractivity contribution >= 4 is 21.7 Å². The van der Waals surface area contributed by atoms with E-state index in [1.165, 1.54) is 24.5 Å². The molecule has 1 heterocycles. The van der Waals surface area contributed by atoms with Crippen LogP contribution in [0.5, 0.6) is 0 Å². The molecule has 2 aromatic rings. The SMILES string of the molecule is O=C(c1cccnc1)c1c(Br)cccc1C(F)F. The van der Waals surface area contributed by atoms with Gasteiger partial charge in [-0.15, -0.1) is 0 Å². The molecule has 92 valence electrons. The van der Waals surface area contributed by atoms with E-state index >= 15 is 0 Å². The third-order valence-corrected chi connectivity index (χ3v) is 3.09. The molecule has 0 spiro atoms. The highest BCUT2D eigenvalue weighted by molar-refractivity contribution is 9.10. The fourth-order valence-electron chi connectivity index (χ4n) is 1.60. The maximum atomic E-state index is 12.9. The zero-order valence-electron chi connectivity index (χ0n) is 9.11. The first-order valence-corrected chi connectivity index (χ1v) is 5.92. The van der Waals surface area contributed by atoms with Gasteiger partial charge >= 0.3 is 0 Å². The zero-order valence-corrected chi connectivity index (χ0v) is 10.7. The monoisotopic (exact) mass is 311 g/mol. The summed E-state index contributed by atoms with van der Waals surface area (Å²) >= 11 is 3.14. The third-order valence-electron chi connectivity index (χ3n) is 2.43. The van der Waals surface area contributed by atoms with Gasteiger partial charge in [0.25, 0.3) is 6.43 Å². The normalized spacial score (nSPS) is 10.7. The van der Waals surface area contributed by atoms with E-state index < -0.39 is 12.2 Å². The highest BCUT2D eigenvalue weighted by atomic mass is 79.9. The Morgan fingerprint density at radius 1 is 1.22 bits per heavy atom. The lowest BCUT2D eigenvalue weighted by molar-refractivity contribution is 0.102. The lowest BCUT2D eigenvalue weighted by Crippen LogP contribution is -2.07. The van der Waals surface area contributed by atoms with Crippen LogP contribution in [-0.2, 0) is 0 Å². The Labute approximate surface area is 111 Å². The number of hydrogen-bond donors (Lipinski definition) is 0. The highest BCUT2D eigenvalue weighted by Crippen LogP contribution is 2.30. The number of aromatic nitrogens is 1. The molecule has 2 nitrogen and oxygen atoms in total. The minimum atomic E-state index is -2.70. The first-order chi connectivity index (χ1) is 8.61. The molecule has 2 rings (SSSR count). The van der Waals surface area contributed by atoms with Gasteiger partial charge in [0.1, 0.15) is 0 Å². The molecule has 0 radical (unpaired) electrons. The summed E-state index contributed by atoms with van der Waals surface area (Å²) < 4.78 is 26.1. The fraction of sp³-hybridized carbons (Fsp3) is 0.0769. The molecule has 0 aliphatic carbocycles. The van der Waals surface area contributed by atoms with Crippen molar-refractivity contribution in [1.82, 2.24) is 4.98 Å². The lowest BCUT2D eigenvalue weighted by Gasteiger charge is -2.09. The van der Waals surface area contributed by atoms with E-state index in [0.29, 0.717) is 4.47 Å². The second kappa shape index (κ2) is 5.35. The largest absolute Gasteiger partial charge is 0.288 e. The van der Waals surface area contributed by atoms with Crippen molar-refractivity contribution in [3.63, 3.8) is 0 Å². The van der Waals surface area contributed by atoms with Crippen LogP contribution in [-0.4, -0.2) is 10.8 Å². The van der Waals surface area contributed by atoms with Gasteiger partial charge in [-0.1, -0.05) is 28.1 Å². The summed E-state index contributed by atoms with van der Waals surface area (Å²) in [7, 11) is 0. The molecule has 1 aromatic carbocycles. The average molecular weight is 312 g/mol. The van der Waals surface area contributed by atoms with Crippen LogP contribution in [0.3, 0.4) is 0 Å². The minimum absolute atomic E-state index is 0.0134. The summed E-state index contributed by atoms with van der Waals surface area (Å²) in [6.07, 6.45) is 0.181. The van der Waals surface area contributed by atoms with Crippen molar-refractivity contribution in [2.75, 3.05) is 0 Å². The quantitative estimate of drug-likeness (QED) is 0.802. The van der Waals surface area contributed by atoms with Crippen molar-refractivity contribution in [3.05, 3.63) is 63.9 Å². The number of rotatable bonds is 3. The highest BCUT2D eigenvalue weighted by Gasteiger charge is 2.21. The van der Waals surface area contributed by atoms with Gasteiger partial charge in [-0.05, 0) is 18.2 Å². The molecule has 0 N–H and O–H groups in total. The molecule has 0 saturated heterocycles. The molecule has 5 heteroatoms. The fourth-order valence-corrected chi connectivity index (χ4v) is 2.17. The lowest BCUT2D eigenvalue weighted by atomic mass is 9.99. The van der Waals surface area contributed by atoms with Gasteiger partial charge in [0.05, 0.1) is 0 Å². The van der Waals surface area contributed by atoms with Crippen LogP contribution in [0, 0.1) is 0 Å². The standard InChI is InChI=1S/C13H8BrF2NO/c14-10-5-1-4-9(13(15)16)11(10)12(18)8-3-2-6-17-7-8/h1-7,13H. The summed E-state index contributed by atoms with van der Waals surface area (Å²) in [4.78, 5) is 16.0. The van der Waals surface area contributed by atoms with Crippen LogP contribution in [0.2, 0.25) is 0 Å². The van der Waals surface area contributed by atoms with Crippen LogP contribution < -0.4 is 0 Å². The number of carbonyl (C=O) groups excluding carboxylic acids is 1. The number of hydrogen-bond acceptors (Lipinski definition) is 2. The van der Waals surface area contributed by atoms with Gasteiger partial charge in [-0.25, -0.2) is 8.78 Å². The number of pyridine rings is 1. The summed E-state index contributed by atoms with van der Waals surface area (Å²) in [5.41, 5.74) is -0.00923. The Morgan fingerprint density at radius 2 is 2.00 bits per heavy atom. The number of carbonyl (C=O) groups is 1. The van der Waals surface area contributed by atoms with Crippen LogP contribution in [0.4, 0.5) is 8.78 Å². The van der Waals surface area contributed by atoms with Crippen molar-refractivity contribution < 1.29 is 13.6 Å². The van der Waals surface area contributed by atoms with E-state index in [4.69, 9.17) is 0 Å². The van der Waals surface area contributed by atoms with Crippen LogP contribution >= 0.6 is 15.9 Å². The smallest absolute Gasteiger partial charge is 0.264 e. The molecule has 0 fully saturated rings. The average Bonchev–Trinajstić information content (AvgIpc) is 2.38. The number of benzene rings is 1. The molecule has 0 aliphatic heterocycles. The summed E-state index contributed by atoms with van der Waals surface area (Å²) in [6.45, 7) is 0. The Hall–Kier alpha value is -1.62. The summed E-state index contributed by atoms with van der Waals surface area (Å²) in [5.74, 6) is -0.467. The summed E-state index contributed by atoms with van der Waals surface area (Å²) in [5, 5.41) is 0. The van der Waals surface area contributed by atoms with Crippen molar-refractivity contribution in [2.24, 2.45) is 0 Å². The molecule has 0 bridgehead atoms. The molecule has 1 aromatic heterocycles. The van der Waals surface area contributed by atoms with Gasteiger partial charge in [0.15, 0.2) is 5.78 Å². The number of ketones is 1. The van der Waals surface area contributed by atoms with Crippen LogP contribution in [0.25, 0.3) is 0 Å². The van der Waals surface area contributed by atoms with E-state index in [1.807, 2.05) is 0 Å². The Kier molecular flexibility index (Phi) is 3.81. The van der Waals surface area contributed by atoms with E-state index in [9.17, 15) is 13.6 Å². The van der Waals surface area contributed by atoms with Crippen LogP contribution in [0.15, 0.2) is 47.2 Å². The van der Waals surface area contributed by atoms with Crippen molar-refractivity contribution in [1.29, 1.82) is 0 Å². The number of halogens is 3. The Bertz CT molecular complexity index is 572. The van der Waals surface area contributed by atoms with Crippen LogP contribution in [0.1, 0.15) is 27.9 Å². The zero-order chi connectivity index (χ0) is 13.1. The molecule has 0 saturated carbocycles. The van der Waals surface area contributed by atoms with E-state index in [0.717, 1.165) is 0 Å². The first-order valence-electron chi connectivity index (χ1n) is 5.12. The van der Waals surface area contributed by atoms with Gasteiger partial charge in [-0.3, -0.25) is 9.78 Å². The molecule has 0 aliphatic rings. The Balaban J connectivity index is 2.54. The summed E-state index contributed by atoms with van der Waals surface area (Å²) in [6, 6.07) is 7.43. The van der Waals surface area contributed by atoms with Crippen molar-refractivity contribution in [2.45, 2.75) is 6.43 Å². The van der Waals surface area contributed by atoms with Gasteiger partial charge in [-0.2, -0.15) is 0 Å². The molecule has 18 heavy (non-hydrogen) atoms. The van der Waals surface area contributed by atoms with E-state index in [-0.39, 0.29) is 16.7 Å². The molecule has 0 unspecified atom stereocenters. The van der Waals surface area contributed by atoms with E-state index in [2.05, 4.69) is 20.9 Å². The van der Waals surface area contributed by atoms with Crippen molar-refractivity contribution in [3.8, 4) is 0 Å². The van der Waals surface area contributed by atoms with Gasteiger partial charge in [0.2, 0.25) is 0 Å². The second-order valence-corrected chi connectivity index (χ2v) is 4.43.